The van der Waals surface area contributed by atoms with Gasteiger partial charge >= 0.3 is 0 Å². The van der Waals surface area contributed by atoms with Gasteiger partial charge < -0.3 is 5.32 Å². The molecule has 0 atom stereocenters. The molecule has 8 heteroatoms. The Labute approximate surface area is 144 Å². The fourth-order valence-electron chi connectivity index (χ4n) is 1.82. The first-order valence-corrected chi connectivity index (χ1v) is 9.71. The van der Waals surface area contributed by atoms with Crippen molar-refractivity contribution in [3.63, 3.8) is 0 Å². The molecule has 6 nitrogen and oxygen atoms in total. The van der Waals surface area contributed by atoms with E-state index in [1.54, 1.807) is 12.1 Å². The van der Waals surface area contributed by atoms with E-state index in [-0.39, 0.29) is 11.6 Å². The molecule has 23 heavy (non-hydrogen) atoms. The summed E-state index contributed by atoms with van der Waals surface area (Å²) in [6.45, 7) is 3.95. The molecule has 2 aromatic rings. The third-order valence-corrected chi connectivity index (χ3v) is 5.34. The standard InChI is InChI=1S/C15H19BrN4O2S/c1-3-4-9-23(21,22)20-15-8-7-14(18-19-15)17-12-6-5-11(2)13(16)10-12/h5-8,10H,3-4,9H2,1-2H3,(H,17,18)(H,19,20). The number of anilines is 3. The van der Waals surface area contributed by atoms with Gasteiger partial charge in [-0.15, -0.1) is 10.2 Å². The molecule has 0 aliphatic carbocycles. The van der Waals surface area contributed by atoms with Gasteiger partial charge in [0.2, 0.25) is 10.0 Å². The molecule has 124 valence electrons. The van der Waals surface area contributed by atoms with Crippen molar-refractivity contribution in [1.29, 1.82) is 0 Å². The van der Waals surface area contributed by atoms with Crippen LogP contribution < -0.4 is 10.0 Å². The molecule has 2 rings (SSSR count). The molecule has 0 saturated carbocycles. The monoisotopic (exact) mass is 398 g/mol. The third-order valence-electron chi connectivity index (χ3n) is 3.14. The molecular weight excluding hydrogens is 380 g/mol. The summed E-state index contributed by atoms with van der Waals surface area (Å²) in [5.74, 6) is 0.844. The molecule has 2 N–H and O–H groups in total. The molecule has 1 aromatic carbocycles. The van der Waals surface area contributed by atoms with Crippen LogP contribution in [0.2, 0.25) is 0 Å². The number of hydrogen-bond donors (Lipinski definition) is 2. The zero-order valence-electron chi connectivity index (χ0n) is 13.0. The SMILES string of the molecule is CCCCS(=O)(=O)Nc1ccc(Nc2ccc(C)c(Br)c2)nn1. The van der Waals surface area contributed by atoms with Gasteiger partial charge in [-0.1, -0.05) is 35.3 Å². The van der Waals surface area contributed by atoms with E-state index >= 15 is 0 Å². The van der Waals surface area contributed by atoms with Crippen LogP contribution in [-0.4, -0.2) is 24.4 Å². The molecule has 1 aromatic heterocycles. The Hall–Kier alpha value is -1.67. The van der Waals surface area contributed by atoms with Crippen molar-refractivity contribution in [2.75, 3.05) is 15.8 Å². The number of aryl methyl sites for hydroxylation is 1. The van der Waals surface area contributed by atoms with Crippen LogP contribution in [0.4, 0.5) is 17.3 Å². The number of sulfonamides is 1. The van der Waals surface area contributed by atoms with Gasteiger partial charge in [0.05, 0.1) is 5.75 Å². The topological polar surface area (TPSA) is 84.0 Å². The second-order valence-corrected chi connectivity index (χ2v) is 7.86. The molecule has 0 fully saturated rings. The van der Waals surface area contributed by atoms with Crippen molar-refractivity contribution >= 4 is 43.3 Å². The van der Waals surface area contributed by atoms with Crippen LogP contribution in [0.5, 0.6) is 0 Å². The van der Waals surface area contributed by atoms with Crippen molar-refractivity contribution in [3.05, 3.63) is 40.4 Å². The van der Waals surface area contributed by atoms with Gasteiger partial charge in [-0.2, -0.15) is 0 Å². The van der Waals surface area contributed by atoms with Crippen molar-refractivity contribution in [1.82, 2.24) is 10.2 Å². The van der Waals surface area contributed by atoms with E-state index in [2.05, 4.69) is 36.2 Å². The predicted molar refractivity (Wildman–Crippen MR) is 96.5 cm³/mol. The van der Waals surface area contributed by atoms with Gasteiger partial charge in [0.15, 0.2) is 11.6 Å². The van der Waals surface area contributed by atoms with Crippen LogP contribution in [0.3, 0.4) is 0 Å². The van der Waals surface area contributed by atoms with Gasteiger partial charge in [0.1, 0.15) is 0 Å². The van der Waals surface area contributed by atoms with E-state index in [0.29, 0.717) is 12.2 Å². The molecule has 0 bridgehead atoms. The number of halogens is 1. The van der Waals surface area contributed by atoms with Gasteiger partial charge in [-0.05, 0) is 43.2 Å². The minimum Gasteiger partial charge on any atom is -0.339 e. The summed E-state index contributed by atoms with van der Waals surface area (Å²) in [4.78, 5) is 0. The minimum atomic E-state index is -3.36. The lowest BCUT2D eigenvalue weighted by Gasteiger charge is -2.09. The second kappa shape index (κ2) is 7.74. The van der Waals surface area contributed by atoms with Crippen LogP contribution in [0.25, 0.3) is 0 Å². The number of rotatable bonds is 7. The highest BCUT2D eigenvalue weighted by molar-refractivity contribution is 9.10. The van der Waals surface area contributed by atoms with Gasteiger partial charge in [0, 0.05) is 10.2 Å². The van der Waals surface area contributed by atoms with E-state index in [1.165, 1.54) is 0 Å². The molecule has 0 amide bonds. The van der Waals surface area contributed by atoms with Crippen LogP contribution >= 0.6 is 15.9 Å². The average Bonchev–Trinajstić information content (AvgIpc) is 2.51. The van der Waals surface area contributed by atoms with E-state index < -0.39 is 10.0 Å². The Kier molecular flexibility index (Phi) is 5.95. The van der Waals surface area contributed by atoms with Crippen LogP contribution in [0, 0.1) is 6.92 Å². The van der Waals surface area contributed by atoms with E-state index in [9.17, 15) is 8.42 Å². The molecule has 0 aliphatic heterocycles. The summed E-state index contributed by atoms with van der Waals surface area (Å²) < 4.78 is 27.0. The van der Waals surface area contributed by atoms with Gasteiger partial charge in [-0.25, -0.2) is 8.42 Å². The Morgan fingerprint density at radius 2 is 1.83 bits per heavy atom. The summed E-state index contributed by atoms with van der Waals surface area (Å²) >= 11 is 3.47. The summed E-state index contributed by atoms with van der Waals surface area (Å²) in [5, 5.41) is 11.0. The lowest BCUT2D eigenvalue weighted by molar-refractivity contribution is 0.597. The highest BCUT2D eigenvalue weighted by atomic mass is 79.9. The van der Waals surface area contributed by atoms with Gasteiger partial charge in [0.25, 0.3) is 0 Å². The van der Waals surface area contributed by atoms with Crippen molar-refractivity contribution in [2.45, 2.75) is 26.7 Å². The van der Waals surface area contributed by atoms with E-state index in [1.807, 2.05) is 32.0 Å². The molecule has 0 aliphatic rings. The van der Waals surface area contributed by atoms with Crippen molar-refractivity contribution in [2.24, 2.45) is 0 Å². The summed E-state index contributed by atoms with van der Waals surface area (Å²) in [7, 11) is -3.36. The fraction of sp³-hybridized carbons (Fsp3) is 0.333. The summed E-state index contributed by atoms with van der Waals surface area (Å²) in [6.07, 6.45) is 1.44. The quantitative estimate of drug-likeness (QED) is 0.739. The Balaban J connectivity index is 2.03. The fourth-order valence-corrected chi connectivity index (χ4v) is 3.39. The number of benzene rings is 1. The normalized spacial score (nSPS) is 11.3. The number of unbranched alkanes of at least 4 members (excludes halogenated alkanes) is 1. The third kappa shape index (κ3) is 5.47. The Morgan fingerprint density at radius 1 is 1.13 bits per heavy atom. The maximum absolute atomic E-state index is 11.8. The van der Waals surface area contributed by atoms with E-state index in [0.717, 1.165) is 22.1 Å². The van der Waals surface area contributed by atoms with Crippen LogP contribution in [0.1, 0.15) is 25.3 Å². The molecule has 0 radical (unpaired) electrons. The van der Waals surface area contributed by atoms with Crippen molar-refractivity contribution in [3.8, 4) is 0 Å². The molecule has 0 saturated heterocycles. The summed E-state index contributed by atoms with van der Waals surface area (Å²) in [5.41, 5.74) is 2.01. The highest BCUT2D eigenvalue weighted by Crippen LogP contribution is 2.23. The van der Waals surface area contributed by atoms with E-state index in [4.69, 9.17) is 0 Å². The van der Waals surface area contributed by atoms with Gasteiger partial charge in [-0.3, -0.25) is 4.72 Å². The maximum atomic E-state index is 11.8. The Bertz CT molecular complexity index is 764. The lowest BCUT2D eigenvalue weighted by Crippen LogP contribution is -2.17. The minimum absolute atomic E-state index is 0.0859. The van der Waals surface area contributed by atoms with Crippen molar-refractivity contribution < 1.29 is 8.42 Å². The highest BCUT2D eigenvalue weighted by Gasteiger charge is 2.10. The first kappa shape index (κ1) is 17.7. The number of nitrogens with one attached hydrogen (secondary N) is 2. The molecule has 1 heterocycles. The second-order valence-electron chi connectivity index (χ2n) is 5.17. The molecule has 0 spiro atoms. The first-order chi connectivity index (χ1) is 10.9. The van der Waals surface area contributed by atoms with Crippen LogP contribution in [-0.2, 0) is 10.0 Å². The first-order valence-electron chi connectivity index (χ1n) is 7.27. The smallest absolute Gasteiger partial charge is 0.233 e. The number of aromatic nitrogens is 2. The lowest BCUT2D eigenvalue weighted by atomic mass is 10.2. The largest absolute Gasteiger partial charge is 0.339 e. The zero-order valence-corrected chi connectivity index (χ0v) is 15.4. The molecule has 0 unspecified atom stereocenters. The zero-order chi connectivity index (χ0) is 16.9. The molecular formula is C15H19BrN4O2S. The Morgan fingerprint density at radius 3 is 2.43 bits per heavy atom. The van der Waals surface area contributed by atoms with Crippen LogP contribution in [0.15, 0.2) is 34.8 Å². The number of nitrogens with zero attached hydrogens (tertiary/aromatic N) is 2. The number of hydrogen-bond acceptors (Lipinski definition) is 5. The maximum Gasteiger partial charge on any atom is 0.233 e. The average molecular weight is 399 g/mol. The summed E-state index contributed by atoms with van der Waals surface area (Å²) in [6, 6.07) is 9.12. The predicted octanol–water partition coefficient (Wildman–Crippen LogP) is 3.83.